The molecule has 0 aromatic heterocycles. The van der Waals surface area contributed by atoms with Crippen LogP contribution < -0.4 is 0 Å². The number of allylic oxidation sites excluding steroid dienone is 2. The zero-order valence-corrected chi connectivity index (χ0v) is 25.4. The summed E-state index contributed by atoms with van der Waals surface area (Å²) in [4.78, 5) is 10.4. The van der Waals surface area contributed by atoms with E-state index in [1.807, 2.05) is 0 Å². The van der Waals surface area contributed by atoms with Crippen molar-refractivity contribution in [3.63, 3.8) is 0 Å². The largest absolute Gasteiger partial charge is 0.252 e. The van der Waals surface area contributed by atoms with Gasteiger partial charge in [0, 0.05) is 16.5 Å². The zero-order chi connectivity index (χ0) is 26.4. The monoisotopic (exact) mass is 558 g/mol. The van der Waals surface area contributed by atoms with Gasteiger partial charge >= 0.3 is 0 Å². The number of rotatable bonds is 20. The summed E-state index contributed by atoms with van der Waals surface area (Å²) in [6, 6.07) is 19.1. The Morgan fingerprint density at radius 3 is 1.89 bits per heavy atom. The predicted molar refractivity (Wildman–Crippen MR) is 166 cm³/mol. The first-order valence-electron chi connectivity index (χ1n) is 15.2. The van der Waals surface area contributed by atoms with Crippen molar-refractivity contribution in [2.24, 2.45) is 9.98 Å². The van der Waals surface area contributed by atoms with Gasteiger partial charge in [-0.05, 0) is 75.1 Å². The molecule has 2 nitrogen and oxygen atoms in total. The van der Waals surface area contributed by atoms with Gasteiger partial charge < -0.3 is 0 Å². The molecule has 212 valence electrons. The van der Waals surface area contributed by atoms with E-state index in [9.17, 15) is 0 Å². The molecule has 0 N–H and O–H groups in total. The van der Waals surface area contributed by atoms with E-state index < -0.39 is 0 Å². The zero-order valence-electron chi connectivity index (χ0n) is 24.4. The fraction of sp³-hybridized carbons (Fsp3) is 0.543. The van der Waals surface area contributed by atoms with Crippen molar-refractivity contribution < 1.29 is 16.5 Å². The average molecular weight is 560 g/mol. The van der Waals surface area contributed by atoms with Gasteiger partial charge in [-0.3, -0.25) is 9.98 Å². The van der Waals surface area contributed by atoms with Crippen LogP contribution in [0.3, 0.4) is 0 Å². The van der Waals surface area contributed by atoms with E-state index in [2.05, 4.69) is 87.5 Å². The van der Waals surface area contributed by atoms with Crippen LogP contribution in [0.25, 0.3) is 0 Å². The number of aryl methyl sites for hydroxylation is 1. The van der Waals surface area contributed by atoms with Gasteiger partial charge in [0.1, 0.15) is 0 Å². The molecule has 0 aliphatic rings. The van der Waals surface area contributed by atoms with Crippen LogP contribution in [0.1, 0.15) is 123 Å². The maximum absolute atomic E-state index is 5.31. The first-order chi connectivity index (χ1) is 18.3. The molecular formula is C35H52N2Ni. The summed E-state index contributed by atoms with van der Waals surface area (Å²) in [5.74, 6) is 0. The molecule has 0 spiro atoms. The minimum absolute atomic E-state index is 0. The average Bonchev–Trinajstić information content (AvgIpc) is 2.93. The van der Waals surface area contributed by atoms with E-state index in [-0.39, 0.29) is 16.5 Å². The van der Waals surface area contributed by atoms with Crippen molar-refractivity contribution in [2.75, 3.05) is 0 Å². The third kappa shape index (κ3) is 14.8. The molecule has 0 unspecified atom stereocenters. The summed E-state index contributed by atoms with van der Waals surface area (Å²) in [6.07, 6.45) is 24.1. The van der Waals surface area contributed by atoms with Crippen LogP contribution in [0.4, 0.5) is 11.4 Å². The van der Waals surface area contributed by atoms with Crippen molar-refractivity contribution in [1.29, 1.82) is 0 Å². The number of unbranched alkanes of at least 4 members (excludes halogenated alkanes) is 9. The van der Waals surface area contributed by atoms with Crippen molar-refractivity contribution in [3.8, 4) is 0 Å². The minimum Gasteiger partial charge on any atom is -0.252 e. The fourth-order valence-corrected chi connectivity index (χ4v) is 4.57. The van der Waals surface area contributed by atoms with Crippen LogP contribution in [0.15, 0.2) is 76.7 Å². The Kier molecular flexibility index (Phi) is 20.6. The van der Waals surface area contributed by atoms with E-state index in [4.69, 9.17) is 9.98 Å². The van der Waals surface area contributed by atoms with E-state index in [1.165, 1.54) is 87.6 Å². The molecule has 0 amide bonds. The topological polar surface area (TPSA) is 24.7 Å². The molecule has 0 bridgehead atoms. The molecule has 2 aromatic carbocycles. The fourth-order valence-electron chi connectivity index (χ4n) is 4.57. The maximum Gasteiger partial charge on any atom is 0.0665 e. The quantitative estimate of drug-likeness (QED) is 0.0667. The molecule has 0 radical (unpaired) electrons. The molecule has 38 heavy (non-hydrogen) atoms. The van der Waals surface area contributed by atoms with Crippen LogP contribution in [-0.4, -0.2) is 11.4 Å². The van der Waals surface area contributed by atoms with Gasteiger partial charge in [0.25, 0.3) is 0 Å². The standard InChI is InChI=1S/C35H52N2.Ni/c1-4-7-10-12-13-14-15-16-18-24-31-25-22-23-29-33(31)37-35(28-9-6-3)34(30-21-11-8-5-2)36-32-26-19-17-20-27-32;/h15-17,19-20,22-23,25-27,29H,4-14,18,21,24,28,30H2,1-3H3;. The van der Waals surface area contributed by atoms with Crippen molar-refractivity contribution in [3.05, 3.63) is 72.3 Å². The Morgan fingerprint density at radius 2 is 1.16 bits per heavy atom. The third-order valence-corrected chi connectivity index (χ3v) is 6.86. The summed E-state index contributed by atoms with van der Waals surface area (Å²) >= 11 is 0. The van der Waals surface area contributed by atoms with Gasteiger partial charge in [-0.1, -0.05) is 121 Å². The molecule has 0 saturated carbocycles. The van der Waals surface area contributed by atoms with E-state index in [1.54, 1.807) is 0 Å². The first kappa shape index (κ1) is 34.0. The Morgan fingerprint density at radius 1 is 0.579 bits per heavy atom. The molecule has 2 rings (SSSR count). The SMILES string of the molecule is CCCCCCCC=CCCc1ccccc1N=C(CCCC)C(CCCCCC)=Nc1ccccc1.[Ni]. The number of benzene rings is 2. The third-order valence-electron chi connectivity index (χ3n) is 6.86. The molecular weight excluding hydrogens is 507 g/mol. The Balaban J connectivity index is 0.00000722. The van der Waals surface area contributed by atoms with Crippen molar-refractivity contribution in [2.45, 2.75) is 124 Å². The summed E-state index contributed by atoms with van der Waals surface area (Å²) in [5, 5.41) is 0. The number of hydrogen-bond donors (Lipinski definition) is 0. The van der Waals surface area contributed by atoms with Gasteiger partial charge in [0.15, 0.2) is 0 Å². The van der Waals surface area contributed by atoms with Gasteiger partial charge in [-0.15, -0.1) is 0 Å². The van der Waals surface area contributed by atoms with Gasteiger partial charge in [-0.2, -0.15) is 0 Å². The normalized spacial score (nSPS) is 12.2. The predicted octanol–water partition coefficient (Wildman–Crippen LogP) is 11.5. The van der Waals surface area contributed by atoms with Crippen molar-refractivity contribution >= 4 is 22.8 Å². The number of nitrogens with zero attached hydrogens (tertiary/aromatic N) is 2. The molecule has 0 fully saturated rings. The van der Waals surface area contributed by atoms with Crippen molar-refractivity contribution in [1.82, 2.24) is 0 Å². The minimum atomic E-state index is 0. The van der Waals surface area contributed by atoms with Gasteiger partial charge in [0.05, 0.1) is 22.8 Å². The first-order valence-corrected chi connectivity index (χ1v) is 15.2. The number of aliphatic imine (C=N–C) groups is 2. The number of hydrogen-bond acceptors (Lipinski definition) is 2. The molecule has 3 heteroatoms. The maximum atomic E-state index is 5.31. The number of para-hydroxylation sites is 2. The Hall–Kier alpha value is -1.99. The van der Waals surface area contributed by atoms with E-state index in [0.29, 0.717) is 0 Å². The molecule has 0 aliphatic heterocycles. The molecule has 0 saturated heterocycles. The summed E-state index contributed by atoms with van der Waals surface area (Å²) in [5.41, 5.74) is 5.85. The Bertz CT molecular complexity index is 930. The van der Waals surface area contributed by atoms with E-state index in [0.717, 1.165) is 43.5 Å². The van der Waals surface area contributed by atoms with Crippen LogP contribution in [0, 0.1) is 0 Å². The second-order valence-corrected chi connectivity index (χ2v) is 10.2. The molecule has 0 heterocycles. The second-order valence-electron chi connectivity index (χ2n) is 10.2. The van der Waals surface area contributed by atoms with Gasteiger partial charge in [-0.25, -0.2) is 0 Å². The second kappa shape index (κ2) is 22.9. The van der Waals surface area contributed by atoms with Crippen LogP contribution in [0.2, 0.25) is 0 Å². The van der Waals surface area contributed by atoms with Crippen LogP contribution >= 0.6 is 0 Å². The Labute approximate surface area is 244 Å². The summed E-state index contributed by atoms with van der Waals surface area (Å²) in [7, 11) is 0. The van der Waals surface area contributed by atoms with Crippen LogP contribution in [-0.2, 0) is 22.9 Å². The summed E-state index contributed by atoms with van der Waals surface area (Å²) in [6.45, 7) is 6.81. The summed E-state index contributed by atoms with van der Waals surface area (Å²) < 4.78 is 0. The van der Waals surface area contributed by atoms with E-state index >= 15 is 0 Å². The molecule has 0 atom stereocenters. The molecule has 2 aromatic rings. The van der Waals surface area contributed by atoms with Crippen LogP contribution in [0.5, 0.6) is 0 Å². The van der Waals surface area contributed by atoms with Gasteiger partial charge in [0.2, 0.25) is 0 Å². The molecule has 0 aliphatic carbocycles. The smallest absolute Gasteiger partial charge is 0.0665 e.